The van der Waals surface area contributed by atoms with Crippen LogP contribution < -0.4 is 5.32 Å². The van der Waals surface area contributed by atoms with Crippen LogP contribution in [0.15, 0.2) is 35.3 Å². The first-order chi connectivity index (χ1) is 13.5. The maximum atomic E-state index is 12.8. The molecule has 2 fully saturated rings. The summed E-state index contributed by atoms with van der Waals surface area (Å²) in [5.41, 5.74) is 1.93. The minimum absolute atomic E-state index is 0.0365. The van der Waals surface area contributed by atoms with Crippen LogP contribution in [0.4, 0.5) is 0 Å². The maximum Gasteiger partial charge on any atom is 0.232 e. The molecule has 160 valence electrons. The van der Waals surface area contributed by atoms with Crippen molar-refractivity contribution in [3.63, 3.8) is 0 Å². The summed E-state index contributed by atoms with van der Waals surface area (Å²) < 4.78 is 0. The number of hydrogen-bond donors (Lipinski definition) is 2. The molecule has 0 saturated heterocycles. The third-order valence-electron chi connectivity index (χ3n) is 8.14. The van der Waals surface area contributed by atoms with Gasteiger partial charge in [0.15, 0.2) is 0 Å². The summed E-state index contributed by atoms with van der Waals surface area (Å²) in [5, 5.41) is 14.1. The van der Waals surface area contributed by atoms with Crippen LogP contribution >= 0.6 is 0 Å². The van der Waals surface area contributed by atoms with Gasteiger partial charge in [-0.25, -0.2) is 0 Å². The summed E-state index contributed by atoms with van der Waals surface area (Å²) in [6.07, 6.45) is 7.22. The number of ketones is 2. The number of carbonyl (C=O) groups excluding carboxylic acids is 2. The quantitative estimate of drug-likeness (QED) is 0.375. The lowest BCUT2D eigenvalue weighted by Crippen LogP contribution is -2.51. The third-order valence-corrected chi connectivity index (χ3v) is 8.14. The Bertz CT molecular complexity index is 790. The van der Waals surface area contributed by atoms with Crippen molar-refractivity contribution in [2.45, 2.75) is 73.1 Å². The lowest BCUT2D eigenvalue weighted by molar-refractivity contribution is -0.132. The molecule has 0 amide bonds. The molecule has 3 aliphatic carbocycles. The zero-order valence-electron chi connectivity index (χ0n) is 18.7. The SMILES string of the molecule is C=C1CCC[C@H]2[C@](C)(CC3=C(O)C(NCC(C)C)=CC(=O)C3=O)[C@@H](C)CC[C@@]12C. The van der Waals surface area contributed by atoms with E-state index in [4.69, 9.17) is 0 Å². The lowest BCUT2D eigenvalue weighted by Gasteiger charge is -2.59. The van der Waals surface area contributed by atoms with Crippen molar-refractivity contribution in [3.05, 3.63) is 35.3 Å². The molecule has 3 aliphatic rings. The molecule has 0 spiro atoms. The molecule has 29 heavy (non-hydrogen) atoms. The predicted molar refractivity (Wildman–Crippen MR) is 116 cm³/mol. The highest BCUT2D eigenvalue weighted by atomic mass is 16.3. The largest absolute Gasteiger partial charge is 0.505 e. The Morgan fingerprint density at radius 2 is 1.97 bits per heavy atom. The molecule has 0 unspecified atom stereocenters. The highest BCUT2D eigenvalue weighted by Crippen LogP contribution is 2.63. The Kier molecular flexibility index (Phi) is 5.86. The van der Waals surface area contributed by atoms with Gasteiger partial charge in [0.05, 0.1) is 5.70 Å². The third kappa shape index (κ3) is 3.71. The first-order valence-electron chi connectivity index (χ1n) is 11.2. The van der Waals surface area contributed by atoms with E-state index in [0.29, 0.717) is 42.0 Å². The Hall–Kier alpha value is -1.84. The summed E-state index contributed by atoms with van der Waals surface area (Å²) in [5.74, 6) is 0.0593. The Balaban J connectivity index is 1.97. The van der Waals surface area contributed by atoms with Gasteiger partial charge in [0, 0.05) is 18.2 Å². The number of carbonyl (C=O) groups is 2. The smallest absolute Gasteiger partial charge is 0.232 e. The maximum absolute atomic E-state index is 12.8. The number of nitrogens with one attached hydrogen (secondary N) is 1. The predicted octanol–water partition coefficient (Wildman–Crippen LogP) is 5.27. The molecular weight excluding hydrogens is 362 g/mol. The fraction of sp³-hybridized carbons (Fsp3) is 0.680. The van der Waals surface area contributed by atoms with Crippen molar-refractivity contribution in [3.8, 4) is 0 Å². The molecule has 0 aliphatic heterocycles. The van der Waals surface area contributed by atoms with Gasteiger partial charge in [-0.05, 0) is 67.1 Å². The van der Waals surface area contributed by atoms with Gasteiger partial charge in [0.2, 0.25) is 11.6 Å². The molecule has 0 aromatic carbocycles. The normalized spacial score (nSPS) is 35.7. The highest BCUT2D eigenvalue weighted by molar-refractivity contribution is 6.48. The fourth-order valence-electron chi connectivity index (χ4n) is 5.94. The number of aliphatic hydroxyl groups is 1. The molecule has 0 bridgehead atoms. The summed E-state index contributed by atoms with van der Waals surface area (Å²) in [6, 6.07) is 0. The van der Waals surface area contributed by atoms with E-state index in [2.05, 4.69) is 46.5 Å². The van der Waals surface area contributed by atoms with Crippen LogP contribution in [0.3, 0.4) is 0 Å². The summed E-state index contributed by atoms with van der Waals surface area (Å²) in [7, 11) is 0. The standard InChI is InChI=1S/C25H37NO3/c1-15(2)14-26-19-12-20(27)23(29)18(22(19)28)13-25(6)17(4)10-11-24(5)16(3)8-7-9-21(24)25/h12,15,17,21,26,28H,3,7-11,13-14H2,1-2,4-6H3/t17-,21+,24-,25+/m0/s1. The van der Waals surface area contributed by atoms with E-state index < -0.39 is 11.6 Å². The van der Waals surface area contributed by atoms with Gasteiger partial charge in [-0.1, -0.05) is 46.8 Å². The Morgan fingerprint density at radius 3 is 2.62 bits per heavy atom. The molecule has 4 atom stereocenters. The second-order valence-electron chi connectivity index (χ2n) is 10.4. The second kappa shape index (κ2) is 7.77. The van der Waals surface area contributed by atoms with Crippen molar-refractivity contribution < 1.29 is 14.7 Å². The number of rotatable bonds is 5. The minimum atomic E-state index is -0.548. The number of allylic oxidation sites excluding steroid dienone is 3. The van der Waals surface area contributed by atoms with Gasteiger partial charge in [0.25, 0.3) is 0 Å². The Morgan fingerprint density at radius 1 is 1.28 bits per heavy atom. The van der Waals surface area contributed by atoms with Gasteiger partial charge in [-0.2, -0.15) is 0 Å². The van der Waals surface area contributed by atoms with Crippen LogP contribution in [-0.2, 0) is 9.59 Å². The number of fused-ring (bicyclic) bond motifs is 1. The molecule has 0 radical (unpaired) electrons. The van der Waals surface area contributed by atoms with E-state index >= 15 is 0 Å². The van der Waals surface area contributed by atoms with Crippen molar-refractivity contribution in [2.75, 3.05) is 6.54 Å². The first-order valence-corrected chi connectivity index (χ1v) is 11.2. The monoisotopic (exact) mass is 399 g/mol. The van der Waals surface area contributed by atoms with E-state index in [0.717, 1.165) is 32.1 Å². The second-order valence-corrected chi connectivity index (χ2v) is 10.4. The number of hydrogen-bond acceptors (Lipinski definition) is 4. The minimum Gasteiger partial charge on any atom is -0.505 e. The lowest BCUT2D eigenvalue weighted by atomic mass is 9.46. The van der Waals surface area contributed by atoms with Crippen LogP contribution in [0, 0.1) is 28.6 Å². The Labute approximate surface area is 175 Å². The van der Waals surface area contributed by atoms with Gasteiger partial charge in [-0.15, -0.1) is 0 Å². The number of aliphatic hydroxyl groups excluding tert-OH is 1. The first kappa shape index (κ1) is 21.9. The zero-order valence-corrected chi connectivity index (χ0v) is 18.7. The number of Topliss-reactive ketones (excluding diaryl/α,β-unsaturated/α-hetero) is 1. The summed E-state index contributed by atoms with van der Waals surface area (Å²) in [4.78, 5) is 25.2. The van der Waals surface area contributed by atoms with Crippen molar-refractivity contribution >= 4 is 11.6 Å². The van der Waals surface area contributed by atoms with Crippen LogP contribution in [0.5, 0.6) is 0 Å². The molecule has 0 aromatic rings. The van der Waals surface area contributed by atoms with Gasteiger partial charge < -0.3 is 10.4 Å². The molecule has 2 saturated carbocycles. The molecule has 2 N–H and O–H groups in total. The molecule has 0 heterocycles. The van der Waals surface area contributed by atoms with Crippen LogP contribution in [-0.4, -0.2) is 23.2 Å². The van der Waals surface area contributed by atoms with Gasteiger partial charge >= 0.3 is 0 Å². The van der Waals surface area contributed by atoms with Gasteiger partial charge in [0.1, 0.15) is 5.76 Å². The van der Waals surface area contributed by atoms with E-state index in [1.165, 1.54) is 11.6 Å². The summed E-state index contributed by atoms with van der Waals surface area (Å²) in [6.45, 7) is 16.0. The van der Waals surface area contributed by atoms with E-state index in [1.54, 1.807) is 0 Å². The molecule has 4 nitrogen and oxygen atoms in total. The van der Waals surface area contributed by atoms with E-state index in [1.807, 2.05) is 0 Å². The van der Waals surface area contributed by atoms with Crippen molar-refractivity contribution in [1.82, 2.24) is 5.32 Å². The zero-order chi connectivity index (χ0) is 21.6. The average molecular weight is 400 g/mol. The molecule has 3 rings (SSSR count). The van der Waals surface area contributed by atoms with E-state index in [-0.39, 0.29) is 16.6 Å². The van der Waals surface area contributed by atoms with Gasteiger partial charge in [-0.3, -0.25) is 9.59 Å². The fourth-order valence-corrected chi connectivity index (χ4v) is 5.94. The van der Waals surface area contributed by atoms with Crippen molar-refractivity contribution in [2.24, 2.45) is 28.6 Å². The van der Waals surface area contributed by atoms with Crippen LogP contribution in [0.2, 0.25) is 0 Å². The van der Waals surface area contributed by atoms with Crippen molar-refractivity contribution in [1.29, 1.82) is 0 Å². The molecule has 4 heteroatoms. The van der Waals surface area contributed by atoms with Crippen LogP contribution in [0.1, 0.15) is 73.1 Å². The average Bonchev–Trinajstić information content (AvgIpc) is 2.66. The summed E-state index contributed by atoms with van der Waals surface area (Å²) >= 11 is 0. The topological polar surface area (TPSA) is 66.4 Å². The molecular formula is C25H37NO3. The highest BCUT2D eigenvalue weighted by Gasteiger charge is 2.54. The van der Waals surface area contributed by atoms with Crippen LogP contribution in [0.25, 0.3) is 0 Å². The molecule has 0 aromatic heterocycles. The van der Waals surface area contributed by atoms with E-state index in [9.17, 15) is 14.7 Å².